The third-order valence-corrected chi connectivity index (χ3v) is 3.39. The Kier molecular flexibility index (Phi) is 2.13. The summed E-state index contributed by atoms with van der Waals surface area (Å²) < 4.78 is 1.71. The molecule has 1 aliphatic rings. The second-order valence-corrected chi connectivity index (χ2v) is 4.01. The molecule has 1 aliphatic carbocycles. The summed E-state index contributed by atoms with van der Waals surface area (Å²) in [7, 11) is 0. The van der Waals surface area contributed by atoms with Gasteiger partial charge in [0.1, 0.15) is 0 Å². The molecule has 5 heteroatoms. The predicted molar refractivity (Wildman–Crippen MR) is 55.4 cm³/mol. The van der Waals surface area contributed by atoms with Crippen LogP contribution in [0.5, 0.6) is 0 Å². The molecule has 1 heterocycles. The van der Waals surface area contributed by atoms with Crippen molar-refractivity contribution in [1.82, 2.24) is 4.57 Å². The summed E-state index contributed by atoms with van der Waals surface area (Å²) in [6.07, 6.45) is 3.66. The van der Waals surface area contributed by atoms with Gasteiger partial charge < -0.3 is 4.57 Å². The van der Waals surface area contributed by atoms with Crippen molar-refractivity contribution in [2.45, 2.75) is 12.5 Å². The maximum atomic E-state index is 9.22. The zero-order chi connectivity index (χ0) is 12.5. The number of nitriles is 4. The fourth-order valence-corrected chi connectivity index (χ4v) is 2.30. The third-order valence-electron chi connectivity index (χ3n) is 3.39. The van der Waals surface area contributed by atoms with E-state index < -0.39 is 16.9 Å². The van der Waals surface area contributed by atoms with Crippen LogP contribution in [0.1, 0.15) is 12.5 Å². The first-order valence-electron chi connectivity index (χ1n) is 4.97. The van der Waals surface area contributed by atoms with Gasteiger partial charge in [-0.25, -0.2) is 0 Å². The monoisotopic (exact) mass is 221 g/mol. The average Bonchev–Trinajstić information content (AvgIpc) is 2.85. The standard InChI is InChI=1S/C12H7N5/c13-6-11(7-14)5-10(12(11,8-15)9-16)17-3-1-2-4-17/h1-4,10H,5H2. The Morgan fingerprint density at radius 2 is 1.47 bits per heavy atom. The molecule has 0 radical (unpaired) electrons. The van der Waals surface area contributed by atoms with Crippen LogP contribution in [0.3, 0.4) is 0 Å². The van der Waals surface area contributed by atoms with Gasteiger partial charge in [-0.2, -0.15) is 21.0 Å². The molecule has 1 aromatic rings. The van der Waals surface area contributed by atoms with Crippen molar-refractivity contribution in [3.05, 3.63) is 24.5 Å². The molecule has 1 atom stereocenters. The van der Waals surface area contributed by atoms with E-state index in [1.165, 1.54) is 0 Å². The van der Waals surface area contributed by atoms with Crippen LogP contribution in [0, 0.1) is 56.2 Å². The van der Waals surface area contributed by atoms with Gasteiger partial charge >= 0.3 is 0 Å². The van der Waals surface area contributed by atoms with Gasteiger partial charge in [0.25, 0.3) is 0 Å². The summed E-state index contributed by atoms with van der Waals surface area (Å²) in [5.41, 5.74) is -3.11. The topological polar surface area (TPSA) is 100 Å². The number of hydrogen-bond acceptors (Lipinski definition) is 4. The van der Waals surface area contributed by atoms with Crippen LogP contribution in [-0.2, 0) is 0 Å². The Bertz CT molecular complexity index is 571. The van der Waals surface area contributed by atoms with E-state index in [0.717, 1.165) is 0 Å². The molecule has 1 unspecified atom stereocenters. The number of nitrogens with zero attached hydrogens (tertiary/aromatic N) is 5. The molecule has 1 aromatic heterocycles. The first-order chi connectivity index (χ1) is 8.19. The maximum absolute atomic E-state index is 9.22. The van der Waals surface area contributed by atoms with Crippen LogP contribution in [0.25, 0.3) is 0 Å². The van der Waals surface area contributed by atoms with Crippen LogP contribution in [0.4, 0.5) is 0 Å². The SMILES string of the molecule is N#CC1(C#N)CC(n2cccc2)C1(C#N)C#N. The van der Waals surface area contributed by atoms with Crippen LogP contribution in [-0.4, -0.2) is 4.57 Å². The molecule has 0 bridgehead atoms. The van der Waals surface area contributed by atoms with Gasteiger partial charge in [-0.1, -0.05) is 0 Å². The first-order valence-corrected chi connectivity index (χ1v) is 4.97. The highest BCUT2D eigenvalue weighted by Gasteiger charge is 2.70. The largest absolute Gasteiger partial charge is 0.348 e. The summed E-state index contributed by atoms with van der Waals surface area (Å²) in [6, 6.07) is 10.5. The van der Waals surface area contributed by atoms with Gasteiger partial charge in [-0.05, 0) is 12.1 Å². The third kappa shape index (κ3) is 1.03. The summed E-state index contributed by atoms with van der Waals surface area (Å²) in [5, 5.41) is 36.6. The normalized spacial score (nSPS) is 23.2. The van der Waals surface area contributed by atoms with E-state index in [9.17, 15) is 10.5 Å². The van der Waals surface area contributed by atoms with E-state index in [0.29, 0.717) is 0 Å². The quantitative estimate of drug-likeness (QED) is 0.717. The molecule has 0 amide bonds. The van der Waals surface area contributed by atoms with Crippen LogP contribution in [0.2, 0.25) is 0 Å². The van der Waals surface area contributed by atoms with Crippen molar-refractivity contribution >= 4 is 0 Å². The highest BCUT2D eigenvalue weighted by Crippen LogP contribution is 2.62. The van der Waals surface area contributed by atoms with Crippen molar-refractivity contribution in [2.24, 2.45) is 10.8 Å². The van der Waals surface area contributed by atoms with Crippen molar-refractivity contribution in [2.75, 3.05) is 0 Å². The summed E-state index contributed by atoms with van der Waals surface area (Å²) >= 11 is 0. The highest BCUT2D eigenvalue weighted by atomic mass is 15.0. The van der Waals surface area contributed by atoms with E-state index in [1.54, 1.807) is 29.1 Å². The smallest absolute Gasteiger partial charge is 0.195 e. The minimum atomic E-state index is -1.59. The molecule has 17 heavy (non-hydrogen) atoms. The Labute approximate surface area is 98.3 Å². The minimum Gasteiger partial charge on any atom is -0.348 e. The zero-order valence-electron chi connectivity index (χ0n) is 8.83. The Hall–Kier alpha value is -2.76. The van der Waals surface area contributed by atoms with Crippen LogP contribution >= 0.6 is 0 Å². The summed E-state index contributed by atoms with van der Waals surface area (Å²) in [5.74, 6) is 0. The van der Waals surface area contributed by atoms with E-state index in [4.69, 9.17) is 10.5 Å². The van der Waals surface area contributed by atoms with Crippen molar-refractivity contribution in [3.63, 3.8) is 0 Å². The fraction of sp³-hybridized carbons (Fsp3) is 0.333. The van der Waals surface area contributed by atoms with Gasteiger partial charge in [0, 0.05) is 18.8 Å². The molecule has 0 spiro atoms. The summed E-state index contributed by atoms with van der Waals surface area (Å²) in [6.45, 7) is 0. The second kappa shape index (κ2) is 3.38. The lowest BCUT2D eigenvalue weighted by molar-refractivity contribution is 0.0451. The first kappa shape index (κ1) is 10.7. The van der Waals surface area contributed by atoms with E-state index in [2.05, 4.69) is 0 Å². The minimum absolute atomic E-state index is 0.204. The second-order valence-electron chi connectivity index (χ2n) is 4.01. The molecule has 0 N–H and O–H groups in total. The molecule has 2 rings (SSSR count). The van der Waals surface area contributed by atoms with Gasteiger partial charge in [0.2, 0.25) is 0 Å². The average molecular weight is 221 g/mol. The molecule has 0 aromatic carbocycles. The predicted octanol–water partition coefficient (Wildman–Crippen LogP) is 1.50. The Morgan fingerprint density at radius 1 is 0.941 bits per heavy atom. The molecule has 0 aliphatic heterocycles. The highest BCUT2D eigenvalue weighted by molar-refractivity contribution is 5.43. The van der Waals surface area contributed by atoms with E-state index in [-0.39, 0.29) is 6.42 Å². The maximum Gasteiger partial charge on any atom is 0.195 e. The van der Waals surface area contributed by atoms with Crippen LogP contribution in [0.15, 0.2) is 24.5 Å². The molecular formula is C12H7N5. The lowest BCUT2D eigenvalue weighted by Crippen LogP contribution is -2.55. The lowest BCUT2D eigenvalue weighted by Gasteiger charge is -2.49. The van der Waals surface area contributed by atoms with E-state index >= 15 is 0 Å². The fourth-order valence-electron chi connectivity index (χ4n) is 2.30. The van der Waals surface area contributed by atoms with Crippen molar-refractivity contribution in [1.29, 1.82) is 21.0 Å². The van der Waals surface area contributed by atoms with Gasteiger partial charge in [0.05, 0.1) is 30.3 Å². The Morgan fingerprint density at radius 3 is 1.88 bits per heavy atom. The number of rotatable bonds is 1. The molecule has 1 fully saturated rings. The molecule has 0 saturated heterocycles. The van der Waals surface area contributed by atoms with Gasteiger partial charge in [0.15, 0.2) is 10.8 Å². The molecule has 1 saturated carbocycles. The van der Waals surface area contributed by atoms with Crippen molar-refractivity contribution in [3.8, 4) is 24.3 Å². The lowest BCUT2D eigenvalue weighted by atomic mass is 9.48. The number of aromatic nitrogens is 1. The van der Waals surface area contributed by atoms with Crippen LogP contribution < -0.4 is 0 Å². The zero-order valence-corrected chi connectivity index (χ0v) is 8.83. The van der Waals surface area contributed by atoms with Gasteiger partial charge in [-0.15, -0.1) is 0 Å². The molecule has 80 valence electrons. The molecule has 5 nitrogen and oxygen atoms in total. The van der Waals surface area contributed by atoms with Gasteiger partial charge in [-0.3, -0.25) is 0 Å². The van der Waals surface area contributed by atoms with Crippen molar-refractivity contribution < 1.29 is 0 Å². The summed E-state index contributed by atoms with van der Waals surface area (Å²) in [4.78, 5) is 0. The number of hydrogen-bond donors (Lipinski definition) is 0. The Balaban J connectivity index is 2.53. The van der Waals surface area contributed by atoms with E-state index in [1.807, 2.05) is 24.3 Å². The molecular weight excluding hydrogens is 214 g/mol.